The summed E-state index contributed by atoms with van der Waals surface area (Å²) in [6, 6.07) is 0. The van der Waals surface area contributed by atoms with Gasteiger partial charge in [0.2, 0.25) is 0 Å². The summed E-state index contributed by atoms with van der Waals surface area (Å²) in [5.74, 6) is 2.55. The molecule has 0 fully saturated rings. The summed E-state index contributed by atoms with van der Waals surface area (Å²) in [5.41, 5.74) is 0.971. The number of aliphatic hydroxyl groups excluding tert-OH is 1. The molecule has 0 radical (unpaired) electrons. The van der Waals surface area contributed by atoms with Crippen LogP contribution in [-0.4, -0.2) is 11.2 Å². The van der Waals surface area contributed by atoms with Gasteiger partial charge in [-0.25, -0.2) is 0 Å². The molecule has 0 heterocycles. The third-order valence-electron chi connectivity index (χ3n) is 2.52. The van der Waals surface area contributed by atoms with Gasteiger partial charge < -0.3 is 5.11 Å². The molecule has 0 rings (SSSR count). The largest absolute Gasteiger partial charge is 0.393 e. The molecule has 1 atom stereocenters. The Morgan fingerprint density at radius 1 is 1.33 bits per heavy atom. The van der Waals surface area contributed by atoms with Gasteiger partial charge in [-0.1, -0.05) is 51.2 Å². The molecule has 0 spiro atoms. The van der Waals surface area contributed by atoms with Crippen molar-refractivity contribution in [3.05, 3.63) is 12.2 Å². The quantitative estimate of drug-likeness (QED) is 0.348. The molecule has 0 aromatic rings. The van der Waals surface area contributed by atoms with Gasteiger partial charge in [0.1, 0.15) is 0 Å². The Hall–Kier alpha value is -0.740. The van der Waals surface area contributed by atoms with Crippen molar-refractivity contribution in [1.82, 2.24) is 0 Å². The summed E-state index contributed by atoms with van der Waals surface area (Å²) in [5, 5.41) is 9.67. The molecule has 15 heavy (non-hydrogen) atoms. The monoisotopic (exact) mass is 208 g/mol. The zero-order chi connectivity index (χ0) is 11.5. The van der Waals surface area contributed by atoms with Crippen molar-refractivity contribution in [2.24, 2.45) is 0 Å². The zero-order valence-electron chi connectivity index (χ0n) is 9.97. The molecule has 1 N–H and O–H groups in total. The van der Waals surface area contributed by atoms with Gasteiger partial charge in [-0.05, 0) is 12.8 Å². The van der Waals surface area contributed by atoms with Crippen molar-refractivity contribution in [2.45, 2.75) is 64.4 Å². The smallest absolute Gasteiger partial charge is 0.0577 e. The van der Waals surface area contributed by atoms with Crippen LogP contribution in [0.4, 0.5) is 0 Å². The molecule has 1 nitrogen and oxygen atoms in total. The van der Waals surface area contributed by atoms with E-state index in [2.05, 4.69) is 19.4 Å². The number of hydrogen-bond donors (Lipinski definition) is 1. The van der Waals surface area contributed by atoms with Gasteiger partial charge in [-0.3, -0.25) is 0 Å². The Morgan fingerprint density at radius 3 is 2.60 bits per heavy atom. The van der Waals surface area contributed by atoms with E-state index >= 15 is 0 Å². The summed E-state index contributed by atoms with van der Waals surface area (Å²) < 4.78 is 0. The highest BCUT2D eigenvalue weighted by Crippen LogP contribution is 2.13. The Labute approximate surface area is 94.6 Å². The van der Waals surface area contributed by atoms with Crippen LogP contribution < -0.4 is 0 Å². The van der Waals surface area contributed by atoms with Crippen LogP contribution in [0.1, 0.15) is 58.3 Å². The molecule has 1 unspecified atom stereocenters. The number of terminal acetylenes is 1. The van der Waals surface area contributed by atoms with Gasteiger partial charge in [-0.15, -0.1) is 12.3 Å². The van der Waals surface area contributed by atoms with Crippen LogP contribution in [0.15, 0.2) is 12.2 Å². The minimum absolute atomic E-state index is 0.243. The van der Waals surface area contributed by atoms with E-state index in [9.17, 15) is 5.11 Å². The molecule has 0 aliphatic rings. The third-order valence-corrected chi connectivity index (χ3v) is 2.52. The summed E-state index contributed by atoms with van der Waals surface area (Å²) in [7, 11) is 0. The second-order valence-electron chi connectivity index (χ2n) is 4.19. The predicted octanol–water partition coefficient (Wildman–Crippen LogP) is 3.68. The van der Waals surface area contributed by atoms with Crippen LogP contribution in [0.5, 0.6) is 0 Å². The normalized spacial score (nSPS) is 12.1. The van der Waals surface area contributed by atoms with E-state index in [1.165, 1.54) is 25.7 Å². The number of unbranched alkanes of at least 4 members (excludes halogenated alkanes) is 4. The molecule has 0 saturated carbocycles. The van der Waals surface area contributed by atoms with Gasteiger partial charge in [0.05, 0.1) is 6.10 Å². The SMILES string of the molecule is C#CCC(=C)CC(O)CCCCCCC. The maximum absolute atomic E-state index is 9.67. The van der Waals surface area contributed by atoms with E-state index < -0.39 is 0 Å². The van der Waals surface area contributed by atoms with Crippen molar-refractivity contribution in [1.29, 1.82) is 0 Å². The first-order valence-corrected chi connectivity index (χ1v) is 5.98. The average Bonchev–Trinajstić information content (AvgIpc) is 2.17. The lowest BCUT2D eigenvalue weighted by atomic mass is 10.0. The molecule has 0 aliphatic heterocycles. The first-order valence-electron chi connectivity index (χ1n) is 5.98. The van der Waals surface area contributed by atoms with E-state index in [0.29, 0.717) is 12.8 Å². The molecule has 0 bridgehead atoms. The lowest BCUT2D eigenvalue weighted by Crippen LogP contribution is -2.07. The van der Waals surface area contributed by atoms with Crippen LogP contribution in [0.25, 0.3) is 0 Å². The topological polar surface area (TPSA) is 20.2 Å². The van der Waals surface area contributed by atoms with Gasteiger partial charge in [0, 0.05) is 6.42 Å². The van der Waals surface area contributed by atoms with Crippen molar-refractivity contribution < 1.29 is 5.11 Å². The van der Waals surface area contributed by atoms with Crippen molar-refractivity contribution >= 4 is 0 Å². The predicted molar refractivity (Wildman–Crippen MR) is 66.6 cm³/mol. The minimum atomic E-state index is -0.243. The highest BCUT2D eigenvalue weighted by Gasteiger charge is 2.05. The molecule has 0 amide bonds. The van der Waals surface area contributed by atoms with Gasteiger partial charge in [0.15, 0.2) is 0 Å². The Kier molecular flexibility index (Phi) is 9.32. The van der Waals surface area contributed by atoms with Crippen LogP contribution in [-0.2, 0) is 0 Å². The molecular formula is C14H24O. The molecule has 0 saturated heterocycles. The van der Waals surface area contributed by atoms with Gasteiger partial charge >= 0.3 is 0 Å². The molecule has 0 aromatic carbocycles. The summed E-state index contributed by atoms with van der Waals surface area (Å²) in [4.78, 5) is 0. The second kappa shape index (κ2) is 9.80. The Balaban J connectivity index is 3.37. The van der Waals surface area contributed by atoms with Gasteiger partial charge in [0.25, 0.3) is 0 Å². The van der Waals surface area contributed by atoms with Crippen molar-refractivity contribution in [3.63, 3.8) is 0 Å². The summed E-state index contributed by atoms with van der Waals surface area (Å²) >= 11 is 0. The molecule has 0 aromatic heterocycles. The first kappa shape index (κ1) is 14.3. The van der Waals surface area contributed by atoms with E-state index in [-0.39, 0.29) is 6.10 Å². The summed E-state index contributed by atoms with van der Waals surface area (Å²) in [6.45, 7) is 6.05. The fourth-order valence-corrected chi connectivity index (χ4v) is 1.64. The zero-order valence-corrected chi connectivity index (χ0v) is 9.97. The third kappa shape index (κ3) is 9.56. The fourth-order valence-electron chi connectivity index (χ4n) is 1.64. The molecular weight excluding hydrogens is 184 g/mol. The van der Waals surface area contributed by atoms with Crippen LogP contribution in [0.3, 0.4) is 0 Å². The van der Waals surface area contributed by atoms with Crippen molar-refractivity contribution in [2.75, 3.05) is 0 Å². The minimum Gasteiger partial charge on any atom is -0.393 e. The van der Waals surface area contributed by atoms with E-state index in [1.807, 2.05) is 0 Å². The lowest BCUT2D eigenvalue weighted by molar-refractivity contribution is 0.160. The van der Waals surface area contributed by atoms with Crippen LogP contribution >= 0.6 is 0 Å². The van der Waals surface area contributed by atoms with Crippen molar-refractivity contribution in [3.8, 4) is 12.3 Å². The highest BCUT2D eigenvalue weighted by molar-refractivity contribution is 5.06. The lowest BCUT2D eigenvalue weighted by Gasteiger charge is -2.10. The van der Waals surface area contributed by atoms with E-state index in [1.54, 1.807) is 0 Å². The Bertz CT molecular complexity index is 200. The Morgan fingerprint density at radius 2 is 2.00 bits per heavy atom. The standard InChI is InChI=1S/C14H24O/c1-4-6-7-8-9-11-14(15)12-13(3)10-5-2/h2,14-15H,3-4,6-12H2,1H3. The van der Waals surface area contributed by atoms with Crippen LogP contribution in [0.2, 0.25) is 0 Å². The highest BCUT2D eigenvalue weighted by atomic mass is 16.3. The molecule has 1 heteroatoms. The molecule has 86 valence electrons. The first-order chi connectivity index (χ1) is 7.20. The molecule has 0 aliphatic carbocycles. The second-order valence-corrected chi connectivity index (χ2v) is 4.19. The maximum atomic E-state index is 9.67. The summed E-state index contributed by atoms with van der Waals surface area (Å²) in [6.07, 6.45) is 13.3. The van der Waals surface area contributed by atoms with Gasteiger partial charge in [-0.2, -0.15) is 0 Å². The maximum Gasteiger partial charge on any atom is 0.0577 e. The average molecular weight is 208 g/mol. The van der Waals surface area contributed by atoms with Crippen LogP contribution in [0, 0.1) is 12.3 Å². The van der Waals surface area contributed by atoms with E-state index in [0.717, 1.165) is 18.4 Å². The number of rotatable bonds is 9. The van der Waals surface area contributed by atoms with E-state index in [4.69, 9.17) is 6.42 Å². The number of hydrogen-bond acceptors (Lipinski definition) is 1. The fraction of sp³-hybridized carbons (Fsp3) is 0.714. The number of aliphatic hydroxyl groups is 1.